The lowest BCUT2D eigenvalue weighted by Crippen LogP contribution is -2.43. The molecule has 0 heterocycles. The molecular weight excluding hydrogens is 229 g/mol. The molecule has 7 heteroatoms. The number of hydrogen-bond acceptors (Lipinski definition) is 3. The van der Waals surface area contributed by atoms with Gasteiger partial charge >= 0.3 is 6.18 Å². The number of alkyl halides is 3. The Morgan fingerprint density at radius 2 is 2.07 bits per heavy atom. The largest absolute Gasteiger partial charge is 0.401 e. The third-order valence-electron chi connectivity index (χ3n) is 1.89. The van der Waals surface area contributed by atoms with Crippen LogP contribution >= 0.6 is 12.2 Å². The van der Waals surface area contributed by atoms with E-state index in [9.17, 15) is 13.2 Å². The number of thiocarbonyl (C=S) groups is 1. The Hall–Kier alpha value is -0.400. The third kappa shape index (κ3) is 7.52. The van der Waals surface area contributed by atoms with Crippen LogP contribution in [0.2, 0.25) is 0 Å². The van der Waals surface area contributed by atoms with Crippen molar-refractivity contribution in [2.45, 2.75) is 25.6 Å². The number of rotatable bonds is 6. The number of aliphatic hydroxyl groups is 1. The van der Waals surface area contributed by atoms with Gasteiger partial charge in [0.25, 0.3) is 0 Å². The number of nitrogens with zero attached hydrogens (tertiary/aromatic N) is 1. The summed E-state index contributed by atoms with van der Waals surface area (Å²) < 4.78 is 36.4. The monoisotopic (exact) mass is 244 g/mol. The predicted molar refractivity (Wildman–Crippen MR) is 55.6 cm³/mol. The van der Waals surface area contributed by atoms with E-state index in [1.807, 2.05) is 0 Å². The van der Waals surface area contributed by atoms with Gasteiger partial charge in [0.15, 0.2) is 0 Å². The van der Waals surface area contributed by atoms with Crippen molar-refractivity contribution in [3.8, 4) is 0 Å². The lowest BCUT2D eigenvalue weighted by Gasteiger charge is -2.28. The fourth-order valence-electron chi connectivity index (χ4n) is 1.23. The van der Waals surface area contributed by atoms with Gasteiger partial charge in [0.1, 0.15) is 0 Å². The van der Waals surface area contributed by atoms with E-state index in [4.69, 9.17) is 10.8 Å². The molecule has 0 aliphatic heterocycles. The third-order valence-corrected chi connectivity index (χ3v) is 2.06. The first kappa shape index (κ1) is 14.6. The van der Waals surface area contributed by atoms with Gasteiger partial charge in [-0.15, -0.1) is 0 Å². The highest BCUT2D eigenvalue weighted by molar-refractivity contribution is 7.80. The minimum atomic E-state index is -4.28. The molecule has 1 unspecified atom stereocenters. The molecule has 0 fully saturated rings. The zero-order chi connectivity index (χ0) is 12.1. The SMILES string of the molecule is CC(CC(N)=S)N(CCO)CC(F)(F)F. The summed E-state index contributed by atoms with van der Waals surface area (Å²) in [6, 6.07) is -0.420. The van der Waals surface area contributed by atoms with Crippen LogP contribution in [0.15, 0.2) is 0 Å². The molecular formula is C8H15F3N2OS. The zero-order valence-electron chi connectivity index (χ0n) is 8.42. The molecule has 15 heavy (non-hydrogen) atoms. The van der Waals surface area contributed by atoms with Crippen molar-refractivity contribution in [1.29, 1.82) is 0 Å². The maximum Gasteiger partial charge on any atom is 0.401 e. The van der Waals surface area contributed by atoms with Gasteiger partial charge in [0.2, 0.25) is 0 Å². The van der Waals surface area contributed by atoms with E-state index in [2.05, 4.69) is 12.2 Å². The predicted octanol–water partition coefficient (Wildman–Crippen LogP) is 0.908. The summed E-state index contributed by atoms with van der Waals surface area (Å²) in [4.78, 5) is 1.28. The summed E-state index contributed by atoms with van der Waals surface area (Å²) in [5, 5.41) is 8.64. The second-order valence-corrected chi connectivity index (χ2v) is 3.85. The Bertz CT molecular complexity index is 211. The molecule has 3 nitrogen and oxygen atoms in total. The van der Waals surface area contributed by atoms with Crippen LogP contribution in [0.1, 0.15) is 13.3 Å². The van der Waals surface area contributed by atoms with Crippen LogP contribution in [0.3, 0.4) is 0 Å². The van der Waals surface area contributed by atoms with Crippen molar-refractivity contribution in [3.05, 3.63) is 0 Å². The molecule has 0 saturated carbocycles. The van der Waals surface area contributed by atoms with Crippen LogP contribution in [0.4, 0.5) is 13.2 Å². The average molecular weight is 244 g/mol. The summed E-state index contributed by atoms with van der Waals surface area (Å²) in [6.45, 7) is 0.180. The van der Waals surface area contributed by atoms with Crippen LogP contribution in [0.5, 0.6) is 0 Å². The molecule has 90 valence electrons. The molecule has 0 rings (SSSR count). The summed E-state index contributed by atoms with van der Waals surface area (Å²) in [6.07, 6.45) is -4.06. The molecule has 0 aromatic heterocycles. The molecule has 0 bridgehead atoms. The van der Waals surface area contributed by atoms with Gasteiger partial charge in [0, 0.05) is 19.0 Å². The maximum absolute atomic E-state index is 12.1. The Morgan fingerprint density at radius 1 is 1.53 bits per heavy atom. The Balaban J connectivity index is 4.30. The van der Waals surface area contributed by atoms with Gasteiger partial charge in [-0.1, -0.05) is 12.2 Å². The average Bonchev–Trinajstić information content (AvgIpc) is 1.99. The van der Waals surface area contributed by atoms with Gasteiger partial charge in [0.05, 0.1) is 18.1 Å². The summed E-state index contributed by atoms with van der Waals surface area (Å²) in [5.41, 5.74) is 5.25. The van der Waals surface area contributed by atoms with E-state index in [0.717, 1.165) is 4.90 Å². The maximum atomic E-state index is 12.1. The summed E-state index contributed by atoms with van der Waals surface area (Å²) in [7, 11) is 0. The van der Waals surface area contributed by atoms with Gasteiger partial charge in [-0.05, 0) is 6.92 Å². The Labute approximate surface area is 92.0 Å². The van der Waals surface area contributed by atoms with Gasteiger partial charge in [-0.2, -0.15) is 13.2 Å². The molecule has 0 spiro atoms. The number of aliphatic hydroxyl groups excluding tert-OH is 1. The molecule has 0 aliphatic carbocycles. The van der Waals surface area contributed by atoms with Crippen molar-refractivity contribution in [2.75, 3.05) is 19.7 Å². The standard InChI is InChI=1S/C8H15F3N2OS/c1-6(4-7(12)15)13(2-3-14)5-8(9,10)11/h6,14H,2-5H2,1H3,(H2,12,15). The van der Waals surface area contributed by atoms with E-state index in [1.54, 1.807) is 6.92 Å². The van der Waals surface area contributed by atoms with E-state index < -0.39 is 18.8 Å². The van der Waals surface area contributed by atoms with Crippen molar-refractivity contribution in [3.63, 3.8) is 0 Å². The van der Waals surface area contributed by atoms with Crippen molar-refractivity contribution >= 4 is 17.2 Å². The smallest absolute Gasteiger partial charge is 0.395 e. The highest BCUT2D eigenvalue weighted by Gasteiger charge is 2.32. The van der Waals surface area contributed by atoms with E-state index in [-0.39, 0.29) is 24.6 Å². The second kappa shape index (κ2) is 6.24. The molecule has 0 aromatic rings. The van der Waals surface area contributed by atoms with Crippen molar-refractivity contribution in [1.82, 2.24) is 4.90 Å². The second-order valence-electron chi connectivity index (χ2n) is 3.33. The van der Waals surface area contributed by atoms with Crippen molar-refractivity contribution < 1.29 is 18.3 Å². The summed E-state index contributed by atoms with van der Waals surface area (Å²) >= 11 is 4.62. The molecule has 0 aromatic carbocycles. The highest BCUT2D eigenvalue weighted by Crippen LogP contribution is 2.18. The van der Waals surface area contributed by atoms with Gasteiger partial charge in [-0.25, -0.2) is 0 Å². The van der Waals surface area contributed by atoms with Gasteiger partial charge < -0.3 is 10.8 Å². The first-order valence-electron chi connectivity index (χ1n) is 4.46. The van der Waals surface area contributed by atoms with E-state index >= 15 is 0 Å². The quantitative estimate of drug-likeness (QED) is 0.682. The first-order valence-corrected chi connectivity index (χ1v) is 4.87. The number of hydrogen-bond donors (Lipinski definition) is 2. The van der Waals surface area contributed by atoms with E-state index in [1.165, 1.54) is 0 Å². The highest BCUT2D eigenvalue weighted by atomic mass is 32.1. The lowest BCUT2D eigenvalue weighted by molar-refractivity contribution is -0.150. The first-order chi connectivity index (χ1) is 6.76. The molecule has 1 atom stereocenters. The molecule has 3 N–H and O–H groups in total. The fraction of sp³-hybridized carbons (Fsp3) is 0.875. The van der Waals surface area contributed by atoms with Crippen LogP contribution in [0, 0.1) is 0 Å². The normalized spacial score (nSPS) is 14.3. The topological polar surface area (TPSA) is 49.5 Å². The minimum Gasteiger partial charge on any atom is -0.395 e. The lowest BCUT2D eigenvalue weighted by atomic mass is 10.2. The molecule has 0 radical (unpaired) electrons. The van der Waals surface area contributed by atoms with E-state index in [0.29, 0.717) is 0 Å². The Kier molecular flexibility index (Phi) is 6.07. The van der Waals surface area contributed by atoms with Crippen LogP contribution in [0.25, 0.3) is 0 Å². The summed E-state index contributed by atoms with van der Waals surface area (Å²) in [5.74, 6) is 0. The van der Waals surface area contributed by atoms with Crippen molar-refractivity contribution in [2.24, 2.45) is 5.73 Å². The fourth-order valence-corrected chi connectivity index (χ4v) is 1.48. The zero-order valence-corrected chi connectivity index (χ0v) is 9.24. The van der Waals surface area contributed by atoms with Crippen LogP contribution < -0.4 is 5.73 Å². The van der Waals surface area contributed by atoms with Gasteiger partial charge in [-0.3, -0.25) is 4.90 Å². The van der Waals surface area contributed by atoms with Crippen LogP contribution in [-0.2, 0) is 0 Å². The number of halogens is 3. The molecule has 0 aliphatic rings. The Morgan fingerprint density at radius 3 is 2.40 bits per heavy atom. The number of nitrogens with two attached hydrogens (primary N) is 1. The minimum absolute atomic E-state index is 0.0384. The molecule has 0 saturated heterocycles. The molecule has 0 amide bonds. The van der Waals surface area contributed by atoms with Crippen LogP contribution in [-0.4, -0.2) is 46.9 Å².